The van der Waals surface area contributed by atoms with Crippen molar-refractivity contribution in [2.45, 2.75) is 31.2 Å². The van der Waals surface area contributed by atoms with Crippen LogP contribution >= 0.6 is 23.1 Å². The van der Waals surface area contributed by atoms with Crippen LogP contribution in [0.4, 0.5) is 8.78 Å². The second-order valence-corrected chi connectivity index (χ2v) is 8.48. The number of aryl methyl sites for hydroxylation is 2. The van der Waals surface area contributed by atoms with E-state index < -0.39 is 22.7 Å². The number of carbonyl (C=O) groups is 1. The lowest BCUT2D eigenvalue weighted by atomic mass is 10.1. The highest BCUT2D eigenvalue weighted by atomic mass is 32.2. The third-order valence-corrected chi connectivity index (χ3v) is 6.46. The SMILES string of the molecule is Cc1sc2nc(SC(C)C(=O)c3ccc(F)cc3F)n(C)c(=O)c2c1C. The molecule has 3 rings (SSSR count). The second-order valence-electron chi connectivity index (χ2n) is 5.97. The average Bonchev–Trinajstić information content (AvgIpc) is 2.86. The molecule has 0 radical (unpaired) electrons. The molecule has 0 spiro atoms. The number of carbonyl (C=O) groups excluding carboxylic acids is 1. The lowest BCUT2D eigenvalue weighted by Crippen LogP contribution is -2.22. The smallest absolute Gasteiger partial charge is 0.262 e. The molecule has 1 unspecified atom stereocenters. The Balaban J connectivity index is 1.96. The van der Waals surface area contributed by atoms with Crippen molar-refractivity contribution in [3.8, 4) is 0 Å². The molecular weight excluding hydrogens is 378 g/mol. The maximum absolute atomic E-state index is 13.9. The topological polar surface area (TPSA) is 52.0 Å². The molecule has 4 nitrogen and oxygen atoms in total. The van der Waals surface area contributed by atoms with Gasteiger partial charge < -0.3 is 0 Å². The maximum Gasteiger partial charge on any atom is 0.262 e. The van der Waals surface area contributed by atoms with E-state index in [-0.39, 0.29) is 11.1 Å². The van der Waals surface area contributed by atoms with E-state index in [1.54, 1.807) is 14.0 Å². The minimum absolute atomic E-state index is 0.174. The Kier molecular flexibility index (Phi) is 4.98. The Morgan fingerprint density at radius 3 is 2.65 bits per heavy atom. The number of Topliss-reactive ketones (excluding diaryl/α,β-unsaturated/α-hetero) is 1. The van der Waals surface area contributed by atoms with E-state index in [4.69, 9.17) is 0 Å². The first kappa shape index (κ1) is 18.7. The van der Waals surface area contributed by atoms with Crippen molar-refractivity contribution in [1.82, 2.24) is 9.55 Å². The summed E-state index contributed by atoms with van der Waals surface area (Å²) in [5.74, 6) is -2.12. The first-order valence-electron chi connectivity index (χ1n) is 7.83. The molecule has 136 valence electrons. The predicted molar refractivity (Wildman–Crippen MR) is 100 cm³/mol. The molecule has 1 aromatic carbocycles. The van der Waals surface area contributed by atoms with Gasteiger partial charge in [0.15, 0.2) is 10.9 Å². The van der Waals surface area contributed by atoms with E-state index >= 15 is 0 Å². The van der Waals surface area contributed by atoms with Gasteiger partial charge in [-0.3, -0.25) is 14.2 Å². The molecule has 0 N–H and O–H groups in total. The molecule has 0 aliphatic heterocycles. The Hall–Kier alpha value is -2.06. The van der Waals surface area contributed by atoms with Gasteiger partial charge in [0.2, 0.25) is 0 Å². The van der Waals surface area contributed by atoms with E-state index in [1.165, 1.54) is 15.9 Å². The van der Waals surface area contributed by atoms with Crippen molar-refractivity contribution >= 4 is 39.1 Å². The lowest BCUT2D eigenvalue weighted by Gasteiger charge is -2.13. The van der Waals surface area contributed by atoms with Crippen molar-refractivity contribution < 1.29 is 13.6 Å². The van der Waals surface area contributed by atoms with Gasteiger partial charge in [0.05, 0.1) is 16.2 Å². The number of hydrogen-bond donors (Lipinski definition) is 0. The summed E-state index contributed by atoms with van der Waals surface area (Å²) in [6, 6.07) is 2.86. The second kappa shape index (κ2) is 6.92. The van der Waals surface area contributed by atoms with Crippen LogP contribution in [0.2, 0.25) is 0 Å². The van der Waals surface area contributed by atoms with Crippen LogP contribution in [-0.4, -0.2) is 20.6 Å². The summed E-state index contributed by atoms with van der Waals surface area (Å²) >= 11 is 2.51. The highest BCUT2D eigenvalue weighted by Gasteiger charge is 2.23. The maximum atomic E-state index is 13.9. The van der Waals surface area contributed by atoms with Crippen LogP contribution in [0.15, 0.2) is 28.2 Å². The standard InChI is InChI=1S/C18H16F2N2O2S2/c1-8-9(2)25-16-14(8)17(24)22(4)18(21-16)26-10(3)15(23)12-6-5-11(19)7-13(12)20/h5-7,10H,1-4H3. The van der Waals surface area contributed by atoms with Gasteiger partial charge >= 0.3 is 0 Å². The predicted octanol–water partition coefficient (Wildman–Crippen LogP) is 4.25. The highest BCUT2D eigenvalue weighted by molar-refractivity contribution is 8.00. The van der Waals surface area contributed by atoms with Gasteiger partial charge in [0.1, 0.15) is 16.5 Å². The quantitative estimate of drug-likeness (QED) is 0.377. The van der Waals surface area contributed by atoms with E-state index in [0.717, 1.165) is 34.3 Å². The zero-order valence-corrected chi connectivity index (χ0v) is 16.2. The van der Waals surface area contributed by atoms with Crippen LogP contribution in [-0.2, 0) is 7.05 Å². The summed E-state index contributed by atoms with van der Waals surface area (Å²) in [4.78, 5) is 31.3. The van der Waals surface area contributed by atoms with E-state index in [1.807, 2.05) is 13.8 Å². The number of rotatable bonds is 4. The first-order valence-corrected chi connectivity index (χ1v) is 9.53. The summed E-state index contributed by atoms with van der Waals surface area (Å²) in [5, 5.41) is 0.280. The summed E-state index contributed by atoms with van der Waals surface area (Å²) in [7, 11) is 1.60. The van der Waals surface area contributed by atoms with E-state index in [0.29, 0.717) is 21.4 Å². The van der Waals surface area contributed by atoms with E-state index in [9.17, 15) is 18.4 Å². The Morgan fingerprint density at radius 2 is 2.00 bits per heavy atom. The first-order chi connectivity index (χ1) is 12.2. The molecule has 0 saturated carbocycles. The van der Waals surface area contributed by atoms with Gasteiger partial charge in [-0.05, 0) is 38.5 Å². The molecular formula is C18H16F2N2O2S2. The number of fused-ring (bicyclic) bond motifs is 1. The number of thiophene rings is 1. The number of hydrogen-bond acceptors (Lipinski definition) is 5. The molecule has 2 aromatic heterocycles. The molecule has 0 bridgehead atoms. The number of ketones is 1. The fraction of sp³-hybridized carbons (Fsp3) is 0.278. The third-order valence-electron chi connectivity index (χ3n) is 4.22. The molecule has 0 saturated heterocycles. The average molecular weight is 394 g/mol. The molecule has 8 heteroatoms. The van der Waals surface area contributed by atoms with Crippen LogP contribution in [0.25, 0.3) is 10.2 Å². The summed E-state index contributed by atoms with van der Waals surface area (Å²) in [6.07, 6.45) is 0. The largest absolute Gasteiger partial charge is 0.293 e. The van der Waals surface area contributed by atoms with Gasteiger partial charge in [-0.1, -0.05) is 11.8 Å². The Bertz CT molecular complexity index is 1090. The fourth-order valence-corrected chi connectivity index (χ4v) is 4.59. The van der Waals surface area contributed by atoms with Crippen LogP contribution in [0.1, 0.15) is 27.7 Å². The van der Waals surface area contributed by atoms with Crippen LogP contribution in [0, 0.1) is 25.5 Å². The lowest BCUT2D eigenvalue weighted by molar-refractivity contribution is 0.0990. The molecule has 3 aromatic rings. The zero-order valence-electron chi connectivity index (χ0n) is 14.6. The van der Waals surface area contributed by atoms with Crippen LogP contribution in [0.3, 0.4) is 0 Å². The summed E-state index contributed by atoms with van der Waals surface area (Å²) < 4.78 is 28.3. The monoisotopic (exact) mass is 394 g/mol. The Morgan fingerprint density at radius 1 is 1.31 bits per heavy atom. The number of halogens is 2. The molecule has 0 fully saturated rings. The van der Waals surface area contributed by atoms with Gasteiger partial charge in [-0.2, -0.15) is 0 Å². The van der Waals surface area contributed by atoms with Crippen molar-refractivity contribution in [3.05, 3.63) is 56.2 Å². The van der Waals surface area contributed by atoms with Crippen molar-refractivity contribution in [1.29, 1.82) is 0 Å². The Labute approximate surface area is 156 Å². The summed E-state index contributed by atoms with van der Waals surface area (Å²) in [6.45, 7) is 5.42. The molecule has 1 atom stereocenters. The number of thioether (sulfide) groups is 1. The minimum Gasteiger partial charge on any atom is -0.293 e. The van der Waals surface area contributed by atoms with E-state index in [2.05, 4.69) is 4.98 Å². The summed E-state index contributed by atoms with van der Waals surface area (Å²) in [5.41, 5.74) is 0.555. The fourth-order valence-electron chi connectivity index (χ4n) is 2.58. The minimum atomic E-state index is -0.899. The van der Waals surface area contributed by atoms with Crippen molar-refractivity contribution in [2.24, 2.45) is 7.05 Å². The zero-order chi connectivity index (χ0) is 19.2. The molecule has 0 aliphatic rings. The van der Waals surface area contributed by atoms with Crippen LogP contribution in [0.5, 0.6) is 0 Å². The molecule has 0 aliphatic carbocycles. The highest BCUT2D eigenvalue weighted by Crippen LogP contribution is 2.30. The van der Waals surface area contributed by atoms with Gasteiger partial charge in [-0.15, -0.1) is 11.3 Å². The molecule has 26 heavy (non-hydrogen) atoms. The normalized spacial score (nSPS) is 12.5. The van der Waals surface area contributed by atoms with Crippen LogP contribution < -0.4 is 5.56 Å². The van der Waals surface area contributed by atoms with Gasteiger partial charge in [0, 0.05) is 18.0 Å². The molecule has 0 amide bonds. The molecule has 2 heterocycles. The van der Waals surface area contributed by atoms with Gasteiger partial charge in [-0.25, -0.2) is 13.8 Å². The number of benzene rings is 1. The number of nitrogens with zero attached hydrogens (tertiary/aromatic N) is 2. The third kappa shape index (κ3) is 3.19. The van der Waals surface area contributed by atoms with Crippen molar-refractivity contribution in [3.63, 3.8) is 0 Å². The van der Waals surface area contributed by atoms with Crippen molar-refractivity contribution in [2.75, 3.05) is 0 Å². The number of aromatic nitrogens is 2. The van der Waals surface area contributed by atoms with Gasteiger partial charge in [0.25, 0.3) is 5.56 Å².